The number of sulfone groups is 1. The summed E-state index contributed by atoms with van der Waals surface area (Å²) in [4.78, 5) is 16.9. The van der Waals surface area contributed by atoms with Crippen molar-refractivity contribution in [3.8, 4) is 23.4 Å². The summed E-state index contributed by atoms with van der Waals surface area (Å²) < 4.78 is 39.1. The molecule has 0 atom stereocenters. The van der Waals surface area contributed by atoms with Gasteiger partial charge in [-0.05, 0) is 66.7 Å². The van der Waals surface area contributed by atoms with Gasteiger partial charge in [0, 0.05) is 10.7 Å². The van der Waals surface area contributed by atoms with E-state index in [1.165, 1.54) is 29.8 Å². The molecule has 0 radical (unpaired) electrons. The van der Waals surface area contributed by atoms with E-state index < -0.39 is 20.3 Å². The molecule has 0 unspecified atom stereocenters. The fourth-order valence-corrected chi connectivity index (χ4v) is 4.49. The normalized spacial score (nSPS) is 11.7. The van der Waals surface area contributed by atoms with Crippen LogP contribution in [0.25, 0.3) is 11.7 Å². The highest BCUT2D eigenvalue weighted by Gasteiger charge is 2.23. The summed E-state index contributed by atoms with van der Waals surface area (Å²) in [5.74, 6) is 0.809. The Balaban J connectivity index is 1.90. The van der Waals surface area contributed by atoms with Crippen LogP contribution in [-0.2, 0) is 9.84 Å². The minimum absolute atomic E-state index is 0.0880. The third-order valence-corrected chi connectivity index (χ3v) is 7.02. The van der Waals surface area contributed by atoms with E-state index in [1.54, 1.807) is 60.7 Å². The molecule has 0 aliphatic carbocycles. The number of allylic oxidation sites excluding steroid dienone is 1. The zero-order chi connectivity index (χ0) is 24.3. The van der Waals surface area contributed by atoms with Crippen molar-refractivity contribution in [1.29, 1.82) is 5.26 Å². The number of methoxy groups -OCH3 is 1. The number of ether oxygens (including phenoxy) is 2. The van der Waals surface area contributed by atoms with Crippen molar-refractivity contribution in [2.75, 3.05) is 7.11 Å². The summed E-state index contributed by atoms with van der Waals surface area (Å²) >= 11 is 3.25. The molecule has 8 nitrogen and oxygen atoms in total. The molecule has 0 saturated heterocycles. The Bertz CT molecular complexity index is 1600. The molecular weight excluding hydrogens is 522 g/mol. The van der Waals surface area contributed by atoms with Gasteiger partial charge < -0.3 is 9.47 Å². The van der Waals surface area contributed by atoms with Gasteiger partial charge in [0.2, 0.25) is 15.7 Å². The average Bonchev–Trinajstić information content (AvgIpc) is 2.84. The second-order valence-electron chi connectivity index (χ2n) is 6.92. The van der Waals surface area contributed by atoms with Gasteiger partial charge in [-0.1, -0.05) is 22.0 Å². The molecule has 0 bridgehead atoms. The van der Waals surface area contributed by atoms with Gasteiger partial charge in [0.1, 0.15) is 33.7 Å². The molecule has 0 aliphatic heterocycles. The second-order valence-corrected chi connectivity index (χ2v) is 9.75. The van der Waals surface area contributed by atoms with E-state index in [2.05, 4.69) is 20.9 Å². The van der Waals surface area contributed by atoms with Crippen molar-refractivity contribution < 1.29 is 17.9 Å². The maximum absolute atomic E-state index is 13.3. The summed E-state index contributed by atoms with van der Waals surface area (Å²) in [7, 11) is -2.68. The maximum atomic E-state index is 13.3. The fraction of sp³-hybridized carbons (Fsp3) is 0.0417. The number of benzene rings is 2. The van der Waals surface area contributed by atoms with Crippen LogP contribution < -0.4 is 15.0 Å². The standard InChI is InChI=1S/C24H16BrN3O5S/c1-32-17-7-9-18(10-8-17)33-23-21(24(29)28-13-3-2-4-22(28)27-23)14-20(15-26)34(30,31)19-11-5-16(25)6-12-19/h2-14H,1H3. The average molecular weight is 538 g/mol. The first kappa shape index (κ1) is 23.2. The highest BCUT2D eigenvalue weighted by Crippen LogP contribution is 2.28. The first-order valence-electron chi connectivity index (χ1n) is 9.79. The molecule has 0 amide bonds. The number of pyridine rings is 1. The number of halogens is 1. The second kappa shape index (κ2) is 9.51. The van der Waals surface area contributed by atoms with E-state index in [1.807, 2.05) is 0 Å². The molecule has 4 rings (SSSR count). The lowest BCUT2D eigenvalue weighted by molar-refractivity contribution is 0.412. The fourth-order valence-electron chi connectivity index (χ4n) is 3.08. The van der Waals surface area contributed by atoms with Crippen LogP contribution in [0.3, 0.4) is 0 Å². The topological polar surface area (TPSA) is 111 Å². The van der Waals surface area contributed by atoms with Gasteiger partial charge in [-0.3, -0.25) is 9.20 Å². The molecule has 4 aromatic rings. The Kier molecular flexibility index (Phi) is 6.49. The smallest absolute Gasteiger partial charge is 0.269 e. The molecular formula is C24H16BrN3O5S. The minimum atomic E-state index is -4.20. The maximum Gasteiger partial charge on any atom is 0.269 e. The number of fused-ring (bicyclic) bond motifs is 1. The third-order valence-electron chi connectivity index (χ3n) is 4.81. The highest BCUT2D eigenvalue weighted by molar-refractivity contribution is 9.10. The number of hydrogen-bond donors (Lipinski definition) is 0. The van der Waals surface area contributed by atoms with Gasteiger partial charge in [0.15, 0.2) is 0 Å². The predicted molar refractivity (Wildman–Crippen MR) is 129 cm³/mol. The Hall–Kier alpha value is -3.94. The van der Waals surface area contributed by atoms with Crippen molar-refractivity contribution >= 4 is 37.5 Å². The predicted octanol–water partition coefficient (Wildman–Crippen LogP) is 4.60. The van der Waals surface area contributed by atoms with Crippen LogP contribution in [0.4, 0.5) is 0 Å². The molecule has 0 fully saturated rings. The van der Waals surface area contributed by atoms with E-state index in [0.29, 0.717) is 21.6 Å². The van der Waals surface area contributed by atoms with Gasteiger partial charge in [0.05, 0.1) is 12.0 Å². The van der Waals surface area contributed by atoms with E-state index in [-0.39, 0.29) is 16.3 Å². The number of hydrogen-bond acceptors (Lipinski definition) is 7. The SMILES string of the molecule is COc1ccc(Oc2nc3ccccn3c(=O)c2C=C(C#N)S(=O)(=O)c2ccc(Br)cc2)cc1. The zero-order valence-corrected chi connectivity index (χ0v) is 20.1. The molecule has 0 aliphatic rings. The lowest BCUT2D eigenvalue weighted by Gasteiger charge is -2.11. The Morgan fingerprint density at radius 2 is 1.74 bits per heavy atom. The van der Waals surface area contributed by atoms with Crippen molar-refractivity contribution in [3.05, 3.63) is 98.2 Å². The summed E-state index contributed by atoms with van der Waals surface area (Å²) in [6.07, 6.45) is 2.49. The molecule has 170 valence electrons. The van der Waals surface area contributed by atoms with Crippen LogP contribution in [0.1, 0.15) is 5.56 Å². The molecule has 0 N–H and O–H groups in total. The van der Waals surface area contributed by atoms with Crippen molar-refractivity contribution in [2.45, 2.75) is 4.90 Å². The van der Waals surface area contributed by atoms with Crippen LogP contribution in [0.15, 0.2) is 92.0 Å². The van der Waals surface area contributed by atoms with Gasteiger partial charge in [-0.15, -0.1) is 0 Å². The summed E-state index contributed by atoms with van der Waals surface area (Å²) in [6.45, 7) is 0. The van der Waals surface area contributed by atoms with E-state index in [0.717, 1.165) is 6.08 Å². The first-order valence-corrected chi connectivity index (χ1v) is 12.1. The van der Waals surface area contributed by atoms with Crippen molar-refractivity contribution in [2.24, 2.45) is 0 Å². The van der Waals surface area contributed by atoms with Gasteiger partial charge >= 0.3 is 0 Å². The Morgan fingerprint density at radius 1 is 1.06 bits per heavy atom. The lowest BCUT2D eigenvalue weighted by atomic mass is 10.2. The van der Waals surface area contributed by atoms with Gasteiger partial charge in [-0.2, -0.15) is 10.2 Å². The molecule has 10 heteroatoms. The quantitative estimate of drug-likeness (QED) is 0.330. The van der Waals surface area contributed by atoms with Crippen LogP contribution in [0, 0.1) is 11.3 Å². The van der Waals surface area contributed by atoms with Crippen LogP contribution in [0.2, 0.25) is 0 Å². The van der Waals surface area contributed by atoms with E-state index in [9.17, 15) is 18.5 Å². The van der Waals surface area contributed by atoms with E-state index in [4.69, 9.17) is 9.47 Å². The van der Waals surface area contributed by atoms with Crippen molar-refractivity contribution in [3.63, 3.8) is 0 Å². The van der Waals surface area contributed by atoms with Crippen LogP contribution >= 0.6 is 15.9 Å². The van der Waals surface area contributed by atoms with Crippen molar-refractivity contribution in [1.82, 2.24) is 9.38 Å². The molecule has 2 aromatic carbocycles. The van der Waals surface area contributed by atoms with Gasteiger partial charge in [0.25, 0.3) is 5.56 Å². The first-order chi connectivity index (χ1) is 16.3. The molecule has 2 heterocycles. The number of aromatic nitrogens is 2. The molecule has 0 saturated carbocycles. The monoisotopic (exact) mass is 537 g/mol. The van der Waals surface area contributed by atoms with Crippen LogP contribution in [-0.4, -0.2) is 24.9 Å². The third kappa shape index (κ3) is 4.57. The summed E-state index contributed by atoms with van der Waals surface area (Å²) in [6, 6.07) is 19.0. The highest BCUT2D eigenvalue weighted by atomic mass is 79.9. The molecule has 2 aromatic heterocycles. The molecule has 0 spiro atoms. The number of nitrogens with zero attached hydrogens (tertiary/aromatic N) is 3. The molecule has 34 heavy (non-hydrogen) atoms. The number of nitriles is 1. The largest absolute Gasteiger partial charge is 0.497 e. The Labute approximate surface area is 203 Å². The van der Waals surface area contributed by atoms with E-state index >= 15 is 0 Å². The van der Waals surface area contributed by atoms with Crippen LogP contribution in [0.5, 0.6) is 17.4 Å². The summed E-state index contributed by atoms with van der Waals surface area (Å²) in [5.41, 5.74) is -0.480. The number of rotatable bonds is 6. The summed E-state index contributed by atoms with van der Waals surface area (Å²) in [5, 5.41) is 9.69. The lowest BCUT2D eigenvalue weighted by Crippen LogP contribution is -2.19. The minimum Gasteiger partial charge on any atom is -0.497 e. The Morgan fingerprint density at radius 3 is 2.38 bits per heavy atom. The van der Waals surface area contributed by atoms with Gasteiger partial charge in [-0.25, -0.2) is 8.42 Å². The zero-order valence-electron chi connectivity index (χ0n) is 17.7.